The van der Waals surface area contributed by atoms with E-state index in [1.165, 1.54) is 23.8 Å². The Morgan fingerprint density at radius 2 is 1.61 bits per heavy atom. The lowest BCUT2D eigenvalue weighted by atomic mass is 9.98. The van der Waals surface area contributed by atoms with Crippen molar-refractivity contribution in [2.75, 3.05) is 33.3 Å². The van der Waals surface area contributed by atoms with E-state index in [1.807, 2.05) is 44.2 Å². The van der Waals surface area contributed by atoms with Crippen LogP contribution < -0.4 is 16.0 Å². The molecule has 1 aromatic rings. The van der Waals surface area contributed by atoms with Gasteiger partial charge in [0.25, 0.3) is 0 Å². The molecule has 0 bridgehead atoms. The smallest absolute Gasteiger partial charge is 0.325 e. The van der Waals surface area contributed by atoms with Gasteiger partial charge < -0.3 is 30.5 Å². The minimum absolute atomic E-state index is 0.0386. The molecule has 5 amide bonds. The molecule has 12 heteroatoms. The van der Waals surface area contributed by atoms with Crippen molar-refractivity contribution in [3.05, 3.63) is 48.0 Å². The Balaban J connectivity index is 2.53. The highest BCUT2D eigenvalue weighted by molar-refractivity contribution is 5.95. The average Bonchev–Trinajstić information content (AvgIpc) is 2.96. The number of rotatable bonds is 7. The monoisotopic (exact) mass is 613 g/mol. The molecule has 0 aliphatic carbocycles. The molecule has 2 rings (SSSR count). The first-order chi connectivity index (χ1) is 20.8. The molecular weight excluding hydrogens is 566 g/mol. The Bertz CT molecular complexity index is 1180. The normalized spacial score (nSPS) is 22.0. The van der Waals surface area contributed by atoms with E-state index in [1.54, 1.807) is 26.0 Å². The number of benzene rings is 1. The number of hydrogen-bond acceptors (Lipinski definition) is 7. The molecule has 0 aromatic heterocycles. The molecule has 0 fully saturated rings. The van der Waals surface area contributed by atoms with Gasteiger partial charge in [-0.2, -0.15) is 0 Å². The number of hydrogen-bond donors (Lipinski definition) is 3. The lowest BCUT2D eigenvalue weighted by Crippen LogP contribution is -2.59. The molecule has 3 atom stereocenters. The van der Waals surface area contributed by atoms with Gasteiger partial charge in [-0.15, -0.1) is 0 Å². The van der Waals surface area contributed by atoms with Crippen molar-refractivity contribution < 1.29 is 33.5 Å². The number of nitrogens with zero attached hydrogens (tertiary/aromatic N) is 2. The summed E-state index contributed by atoms with van der Waals surface area (Å²) < 4.78 is 4.82. The summed E-state index contributed by atoms with van der Waals surface area (Å²) in [4.78, 5) is 81.3. The lowest BCUT2D eigenvalue weighted by Gasteiger charge is -2.30. The summed E-state index contributed by atoms with van der Waals surface area (Å²) in [6.07, 6.45) is 4.28. The van der Waals surface area contributed by atoms with E-state index in [2.05, 4.69) is 16.0 Å². The van der Waals surface area contributed by atoms with Crippen LogP contribution in [0.5, 0.6) is 0 Å². The van der Waals surface area contributed by atoms with E-state index in [9.17, 15) is 28.8 Å². The second-order valence-corrected chi connectivity index (χ2v) is 11.7. The van der Waals surface area contributed by atoms with Gasteiger partial charge in [0.05, 0.1) is 13.7 Å². The summed E-state index contributed by atoms with van der Waals surface area (Å²) in [6, 6.07) is 6.12. The third-order valence-electron chi connectivity index (χ3n) is 7.20. The zero-order chi connectivity index (χ0) is 32.8. The number of carbonyl (C=O) groups is 6. The van der Waals surface area contributed by atoms with E-state index >= 15 is 0 Å². The lowest BCUT2D eigenvalue weighted by molar-refractivity contribution is -0.147. The van der Waals surface area contributed by atoms with Gasteiger partial charge in [-0.1, -0.05) is 70.2 Å². The van der Waals surface area contributed by atoms with Crippen LogP contribution in [0.2, 0.25) is 0 Å². The molecule has 1 unspecified atom stereocenters. The predicted octanol–water partition coefficient (Wildman–Crippen LogP) is 1.20. The second kappa shape index (κ2) is 17.8. The topological polar surface area (TPSA) is 154 Å². The Hall–Kier alpha value is -4.22. The first-order valence-electron chi connectivity index (χ1n) is 15.0. The fraction of sp³-hybridized carbons (Fsp3) is 0.562. The molecule has 44 heavy (non-hydrogen) atoms. The van der Waals surface area contributed by atoms with Gasteiger partial charge >= 0.3 is 5.97 Å². The summed E-state index contributed by atoms with van der Waals surface area (Å²) in [6.45, 7) is 8.38. The summed E-state index contributed by atoms with van der Waals surface area (Å²) in [5.41, 5.74) is 0.788. The average molecular weight is 614 g/mol. The maximum atomic E-state index is 13.9. The second-order valence-electron chi connectivity index (χ2n) is 11.7. The van der Waals surface area contributed by atoms with E-state index in [-0.39, 0.29) is 50.3 Å². The Morgan fingerprint density at radius 3 is 2.20 bits per heavy atom. The first kappa shape index (κ1) is 36.0. The van der Waals surface area contributed by atoms with Crippen LogP contribution in [0.15, 0.2) is 42.5 Å². The molecule has 3 N–H and O–H groups in total. The quantitative estimate of drug-likeness (QED) is 0.308. The highest BCUT2D eigenvalue weighted by Crippen LogP contribution is 2.12. The van der Waals surface area contributed by atoms with Gasteiger partial charge in [-0.05, 0) is 30.2 Å². The molecule has 1 aromatic carbocycles. The summed E-state index contributed by atoms with van der Waals surface area (Å²) >= 11 is 0. The number of ether oxygens (including phenoxy) is 1. The van der Waals surface area contributed by atoms with Crippen LogP contribution >= 0.6 is 0 Å². The Labute approximate surface area is 259 Å². The molecule has 0 radical (unpaired) electrons. The molecule has 12 nitrogen and oxygen atoms in total. The van der Waals surface area contributed by atoms with E-state index in [4.69, 9.17) is 4.74 Å². The molecule has 1 heterocycles. The highest BCUT2D eigenvalue weighted by Gasteiger charge is 2.33. The number of nitrogens with one attached hydrogen (secondary N) is 3. The van der Waals surface area contributed by atoms with Crippen molar-refractivity contribution in [1.82, 2.24) is 25.8 Å². The number of methoxy groups -OCH3 is 1. The summed E-state index contributed by atoms with van der Waals surface area (Å²) in [5.74, 6) is -3.37. The molecule has 1 aliphatic heterocycles. The van der Waals surface area contributed by atoms with Gasteiger partial charge in [-0.25, -0.2) is 0 Å². The fourth-order valence-corrected chi connectivity index (χ4v) is 4.79. The van der Waals surface area contributed by atoms with E-state index in [0.29, 0.717) is 12.8 Å². The molecule has 0 saturated heterocycles. The van der Waals surface area contributed by atoms with Crippen LogP contribution in [0.4, 0.5) is 0 Å². The third kappa shape index (κ3) is 11.8. The number of amides is 5. The maximum absolute atomic E-state index is 13.9. The van der Waals surface area contributed by atoms with Crippen molar-refractivity contribution in [1.29, 1.82) is 0 Å². The van der Waals surface area contributed by atoms with Gasteiger partial charge in [0, 0.05) is 26.4 Å². The number of carbonyl (C=O) groups excluding carboxylic acids is 6. The van der Waals surface area contributed by atoms with Gasteiger partial charge in [0.1, 0.15) is 24.7 Å². The van der Waals surface area contributed by atoms with Crippen LogP contribution in [0.25, 0.3) is 0 Å². The fourth-order valence-electron chi connectivity index (χ4n) is 4.79. The van der Waals surface area contributed by atoms with Crippen molar-refractivity contribution in [3.8, 4) is 0 Å². The van der Waals surface area contributed by atoms with Crippen LogP contribution in [0, 0.1) is 11.8 Å². The highest BCUT2D eigenvalue weighted by atomic mass is 16.5. The van der Waals surface area contributed by atoms with Crippen molar-refractivity contribution in [2.45, 2.75) is 72.0 Å². The minimum Gasteiger partial charge on any atom is -0.468 e. The first-order valence-corrected chi connectivity index (χ1v) is 15.0. The van der Waals surface area contributed by atoms with E-state index < -0.39 is 47.7 Å². The maximum Gasteiger partial charge on any atom is 0.325 e. The van der Waals surface area contributed by atoms with Crippen LogP contribution in [0.1, 0.15) is 53.0 Å². The molecule has 0 spiro atoms. The van der Waals surface area contributed by atoms with E-state index in [0.717, 1.165) is 5.56 Å². The number of esters is 1. The Kier molecular flexibility index (Phi) is 14.5. The summed E-state index contributed by atoms with van der Waals surface area (Å²) in [5, 5.41) is 8.34. The minimum atomic E-state index is -1.06. The Morgan fingerprint density at radius 1 is 0.932 bits per heavy atom. The van der Waals surface area contributed by atoms with Crippen LogP contribution in [-0.2, 0) is 39.9 Å². The summed E-state index contributed by atoms with van der Waals surface area (Å²) in [7, 11) is 1.23. The molecule has 242 valence electrons. The molecule has 1 aliphatic rings. The van der Waals surface area contributed by atoms with Crippen molar-refractivity contribution in [2.24, 2.45) is 11.8 Å². The standard InChI is InChI=1S/C32H47N5O7/c1-21(2)17-25-30(41)35-29(22(3)4)31(42)34-26(18-24-13-9-7-10-14-24)32(43)37(20-28(40)44-6)16-12-8-11-15-36(23(5)38)19-27(39)33-25/h7-10,12-14,21-22,25-26,29H,11,15-20H2,1-6H3,(H,33,39)(H,34,42)(H,35,41)/b12-8-/t25-,26-,29?/m0/s1. The molecular formula is C32H47N5O7. The zero-order valence-corrected chi connectivity index (χ0v) is 26.6. The van der Waals surface area contributed by atoms with Crippen molar-refractivity contribution >= 4 is 35.5 Å². The predicted molar refractivity (Wildman–Crippen MR) is 165 cm³/mol. The third-order valence-corrected chi connectivity index (χ3v) is 7.20. The largest absolute Gasteiger partial charge is 0.468 e. The molecule has 0 saturated carbocycles. The van der Waals surface area contributed by atoms with Crippen LogP contribution in [0.3, 0.4) is 0 Å². The van der Waals surface area contributed by atoms with Gasteiger partial charge in [0.15, 0.2) is 0 Å². The SMILES string of the molecule is COC(=O)CN1C/C=C\CCN(C(C)=O)CC(=O)N[C@@H](CC(C)C)C(=O)NC(C(C)C)C(=O)N[C@@H](Cc2ccccc2)C1=O. The van der Waals surface area contributed by atoms with Gasteiger partial charge in [0.2, 0.25) is 29.5 Å². The van der Waals surface area contributed by atoms with Crippen molar-refractivity contribution in [3.63, 3.8) is 0 Å². The zero-order valence-electron chi connectivity index (χ0n) is 26.6. The van der Waals surface area contributed by atoms with Crippen LogP contribution in [-0.4, -0.2) is 96.7 Å². The van der Waals surface area contributed by atoms with Gasteiger partial charge in [-0.3, -0.25) is 28.8 Å².